The number of ether oxygens (including phenoxy) is 1. The first-order valence-electron chi connectivity index (χ1n) is 7.28. The summed E-state index contributed by atoms with van der Waals surface area (Å²) in [6.45, 7) is 1.58. The minimum Gasteiger partial charge on any atom is -0.465 e. The monoisotopic (exact) mass is 362 g/mol. The molecule has 0 radical (unpaired) electrons. The average Bonchev–Trinajstić information content (AvgIpc) is 3.05. The number of thioether (sulfide) groups is 1. The maximum absolute atomic E-state index is 12.2. The van der Waals surface area contributed by atoms with Crippen LogP contribution in [0.1, 0.15) is 23.2 Å². The van der Waals surface area contributed by atoms with Crippen molar-refractivity contribution in [3.05, 3.63) is 23.8 Å². The van der Waals surface area contributed by atoms with Crippen LogP contribution in [0.3, 0.4) is 0 Å². The number of carbonyl (C=O) groups excluding carboxylic acids is 2. The number of methoxy groups -OCH3 is 1. The zero-order valence-corrected chi connectivity index (χ0v) is 13.8. The highest BCUT2D eigenvalue weighted by molar-refractivity contribution is 8.00. The van der Waals surface area contributed by atoms with Crippen LogP contribution in [0.15, 0.2) is 18.2 Å². The molecule has 1 saturated heterocycles. The molecule has 1 aliphatic rings. The van der Waals surface area contributed by atoms with Crippen molar-refractivity contribution >= 4 is 35.0 Å². The number of hydrogen-bond acceptors (Lipinski definition) is 5. The van der Waals surface area contributed by atoms with Gasteiger partial charge in [-0.15, -0.1) is 0 Å². The Kier molecular flexibility index (Phi) is 5.98. The normalized spacial score (nSPS) is 14.6. The second-order valence-corrected chi connectivity index (χ2v) is 6.24. The maximum atomic E-state index is 12.2. The molecular formula is C15H17F3N2O3S. The Morgan fingerprint density at radius 3 is 2.54 bits per heavy atom. The van der Waals surface area contributed by atoms with Crippen LogP contribution in [-0.4, -0.2) is 43.3 Å². The van der Waals surface area contributed by atoms with Crippen LogP contribution in [-0.2, 0) is 9.53 Å². The van der Waals surface area contributed by atoms with Crippen molar-refractivity contribution in [3.63, 3.8) is 0 Å². The lowest BCUT2D eigenvalue weighted by molar-refractivity contribution is -0.114. The van der Waals surface area contributed by atoms with Gasteiger partial charge >= 0.3 is 11.5 Å². The Labute approximate surface area is 141 Å². The topological polar surface area (TPSA) is 58.6 Å². The van der Waals surface area contributed by atoms with Crippen LogP contribution < -0.4 is 10.2 Å². The molecule has 1 fully saturated rings. The number of rotatable bonds is 5. The molecule has 0 spiro atoms. The maximum Gasteiger partial charge on any atom is 0.442 e. The Morgan fingerprint density at radius 2 is 1.96 bits per heavy atom. The lowest BCUT2D eigenvalue weighted by Crippen LogP contribution is -2.23. The van der Waals surface area contributed by atoms with Gasteiger partial charge in [-0.1, -0.05) is 0 Å². The van der Waals surface area contributed by atoms with Gasteiger partial charge in [0.2, 0.25) is 5.91 Å². The molecule has 1 aromatic rings. The van der Waals surface area contributed by atoms with E-state index in [1.165, 1.54) is 13.2 Å². The molecule has 2 rings (SSSR count). The molecule has 1 N–H and O–H groups in total. The van der Waals surface area contributed by atoms with Crippen molar-refractivity contribution in [2.45, 2.75) is 18.3 Å². The van der Waals surface area contributed by atoms with Crippen molar-refractivity contribution in [3.8, 4) is 0 Å². The zero-order chi connectivity index (χ0) is 17.7. The third-order valence-electron chi connectivity index (χ3n) is 3.51. The molecule has 0 atom stereocenters. The van der Waals surface area contributed by atoms with Gasteiger partial charge in [0.1, 0.15) is 0 Å². The highest BCUT2D eigenvalue weighted by atomic mass is 32.2. The average molecular weight is 362 g/mol. The Morgan fingerprint density at radius 1 is 1.29 bits per heavy atom. The summed E-state index contributed by atoms with van der Waals surface area (Å²) in [5.41, 5.74) is -3.25. The number of nitrogens with zero attached hydrogens (tertiary/aromatic N) is 1. The summed E-state index contributed by atoms with van der Waals surface area (Å²) in [6, 6.07) is 4.67. The molecule has 132 valence electrons. The van der Waals surface area contributed by atoms with Gasteiger partial charge in [0, 0.05) is 13.1 Å². The van der Waals surface area contributed by atoms with Crippen LogP contribution in [0, 0.1) is 0 Å². The fraction of sp³-hybridized carbons (Fsp3) is 0.467. The molecule has 1 aromatic carbocycles. The van der Waals surface area contributed by atoms with Crippen molar-refractivity contribution in [1.29, 1.82) is 0 Å². The highest BCUT2D eigenvalue weighted by Crippen LogP contribution is 2.32. The van der Waals surface area contributed by atoms with E-state index in [1.807, 2.05) is 4.90 Å². The van der Waals surface area contributed by atoms with E-state index in [2.05, 4.69) is 10.1 Å². The van der Waals surface area contributed by atoms with Crippen molar-refractivity contribution in [2.24, 2.45) is 0 Å². The third-order valence-corrected chi connectivity index (χ3v) is 4.24. The number of benzene rings is 1. The van der Waals surface area contributed by atoms with E-state index >= 15 is 0 Å². The summed E-state index contributed by atoms with van der Waals surface area (Å²) in [7, 11) is 1.23. The number of alkyl halides is 3. The number of esters is 1. The van der Waals surface area contributed by atoms with Gasteiger partial charge in [-0.25, -0.2) is 4.79 Å². The fourth-order valence-electron chi connectivity index (χ4n) is 2.45. The van der Waals surface area contributed by atoms with E-state index in [4.69, 9.17) is 0 Å². The van der Waals surface area contributed by atoms with Gasteiger partial charge in [0.25, 0.3) is 0 Å². The van der Waals surface area contributed by atoms with Gasteiger partial charge in [0.15, 0.2) is 0 Å². The summed E-state index contributed by atoms with van der Waals surface area (Å²) < 4.78 is 41.3. The predicted molar refractivity (Wildman–Crippen MR) is 86.4 cm³/mol. The van der Waals surface area contributed by atoms with Gasteiger partial charge < -0.3 is 15.0 Å². The molecule has 24 heavy (non-hydrogen) atoms. The zero-order valence-electron chi connectivity index (χ0n) is 13.0. The standard InChI is InChI=1S/C15H17F3N2O3S/c1-23-14(22)10-4-5-12(20-6-2-3-7-20)11(8-10)19-13(21)9-24-15(16,17)18/h4-5,8H,2-3,6-7,9H2,1H3,(H,19,21). The van der Waals surface area contributed by atoms with E-state index in [9.17, 15) is 22.8 Å². The second kappa shape index (κ2) is 7.78. The largest absolute Gasteiger partial charge is 0.465 e. The fourth-order valence-corrected chi connectivity index (χ4v) is 2.82. The summed E-state index contributed by atoms with van der Waals surface area (Å²) in [5, 5.41) is 2.47. The van der Waals surface area contributed by atoms with Crippen LogP contribution >= 0.6 is 11.8 Å². The third kappa shape index (κ3) is 5.05. The SMILES string of the molecule is COC(=O)c1ccc(N2CCCC2)c(NC(=O)CSC(F)(F)F)c1. The minimum absolute atomic E-state index is 0.222. The molecule has 0 bridgehead atoms. The van der Waals surface area contributed by atoms with Crippen LogP contribution in [0.5, 0.6) is 0 Å². The number of nitrogens with one attached hydrogen (secondary N) is 1. The minimum atomic E-state index is -4.47. The Balaban J connectivity index is 2.20. The second-order valence-electron chi connectivity index (χ2n) is 5.20. The molecular weight excluding hydrogens is 345 g/mol. The number of anilines is 2. The van der Waals surface area contributed by atoms with Crippen molar-refractivity contribution in [1.82, 2.24) is 0 Å². The van der Waals surface area contributed by atoms with E-state index in [1.54, 1.807) is 12.1 Å². The molecule has 0 aromatic heterocycles. The van der Waals surface area contributed by atoms with Gasteiger partial charge in [-0.05, 0) is 42.8 Å². The van der Waals surface area contributed by atoms with Crippen LogP contribution in [0.4, 0.5) is 24.5 Å². The van der Waals surface area contributed by atoms with Gasteiger partial charge in [-0.3, -0.25) is 4.79 Å². The molecule has 5 nitrogen and oxygen atoms in total. The number of hydrogen-bond donors (Lipinski definition) is 1. The first-order chi connectivity index (χ1) is 11.3. The molecule has 0 saturated carbocycles. The Bertz CT molecular complexity index is 616. The van der Waals surface area contributed by atoms with Crippen LogP contribution in [0.25, 0.3) is 0 Å². The van der Waals surface area contributed by atoms with E-state index in [-0.39, 0.29) is 5.56 Å². The quantitative estimate of drug-likeness (QED) is 0.815. The molecule has 1 amide bonds. The van der Waals surface area contributed by atoms with Crippen molar-refractivity contribution in [2.75, 3.05) is 36.2 Å². The van der Waals surface area contributed by atoms with E-state index < -0.39 is 34.9 Å². The molecule has 0 aliphatic carbocycles. The van der Waals surface area contributed by atoms with E-state index in [0.29, 0.717) is 11.4 Å². The molecule has 1 heterocycles. The van der Waals surface area contributed by atoms with Crippen molar-refractivity contribution < 1.29 is 27.5 Å². The van der Waals surface area contributed by atoms with E-state index in [0.717, 1.165) is 25.9 Å². The molecule has 0 unspecified atom stereocenters. The van der Waals surface area contributed by atoms with Crippen LogP contribution in [0.2, 0.25) is 0 Å². The molecule has 1 aliphatic heterocycles. The smallest absolute Gasteiger partial charge is 0.442 e. The summed E-state index contributed by atoms with van der Waals surface area (Å²) >= 11 is -0.403. The number of amides is 1. The first kappa shape index (κ1) is 18.4. The highest BCUT2D eigenvalue weighted by Gasteiger charge is 2.29. The summed E-state index contributed by atoms with van der Waals surface area (Å²) in [4.78, 5) is 25.5. The lowest BCUT2D eigenvalue weighted by Gasteiger charge is -2.22. The summed E-state index contributed by atoms with van der Waals surface area (Å²) in [5.74, 6) is -2.10. The Hall–Kier alpha value is -1.90. The first-order valence-corrected chi connectivity index (χ1v) is 8.26. The number of carbonyl (C=O) groups is 2. The number of halogens is 3. The lowest BCUT2D eigenvalue weighted by atomic mass is 10.1. The summed E-state index contributed by atoms with van der Waals surface area (Å²) in [6.07, 6.45) is 1.99. The van der Waals surface area contributed by atoms with Gasteiger partial charge in [0.05, 0.1) is 29.8 Å². The predicted octanol–water partition coefficient (Wildman–Crippen LogP) is 3.26. The van der Waals surface area contributed by atoms with Gasteiger partial charge in [-0.2, -0.15) is 13.2 Å². The molecule has 9 heteroatoms.